The number of aryl methyl sites for hydroxylation is 3. The largest absolute Gasteiger partial charge is 0.325 e. The summed E-state index contributed by atoms with van der Waals surface area (Å²) in [5, 5.41) is 5.51. The Hall–Kier alpha value is -2.73. The number of carbonyl (C=O) groups is 2. The number of likely N-dealkylation sites (N-methyl/N-ethyl adjacent to an activating group) is 1. The van der Waals surface area contributed by atoms with Gasteiger partial charge in [-0.1, -0.05) is 24.3 Å². The van der Waals surface area contributed by atoms with Crippen molar-refractivity contribution < 1.29 is 14.0 Å². The lowest BCUT2D eigenvalue weighted by molar-refractivity contribution is -0.119. The Morgan fingerprint density at radius 3 is 2.08 bits per heavy atom. The van der Waals surface area contributed by atoms with Gasteiger partial charge in [0.2, 0.25) is 11.8 Å². The molecule has 2 N–H and O–H groups in total. The Morgan fingerprint density at radius 2 is 1.50 bits per heavy atom. The van der Waals surface area contributed by atoms with E-state index in [0.717, 1.165) is 16.8 Å². The van der Waals surface area contributed by atoms with Crippen molar-refractivity contribution in [3.8, 4) is 0 Å². The fourth-order valence-corrected chi connectivity index (χ4v) is 2.61. The molecule has 0 aliphatic rings. The summed E-state index contributed by atoms with van der Waals surface area (Å²) in [4.78, 5) is 25.9. The van der Waals surface area contributed by atoms with Crippen LogP contribution in [-0.2, 0) is 9.59 Å². The van der Waals surface area contributed by atoms with Gasteiger partial charge in [-0.05, 0) is 56.6 Å². The molecule has 0 aromatic heterocycles. The van der Waals surface area contributed by atoms with Gasteiger partial charge < -0.3 is 10.6 Å². The molecule has 0 fully saturated rings. The number of anilines is 2. The standard InChI is InChI=1S/C20H24FN3O2/c1-13-8-9-16(10-17(13)21)22-18(25)11-24(4)12-19(26)23-20-14(2)6-5-7-15(20)3/h5-10H,11-12H2,1-4H3,(H,22,25)(H,23,26). The molecule has 0 heterocycles. The molecule has 0 aliphatic carbocycles. The first kappa shape index (κ1) is 19.6. The zero-order chi connectivity index (χ0) is 19.3. The van der Waals surface area contributed by atoms with E-state index in [9.17, 15) is 14.0 Å². The third kappa shape index (κ3) is 5.39. The predicted molar refractivity (Wildman–Crippen MR) is 102 cm³/mol. The van der Waals surface area contributed by atoms with E-state index in [1.54, 1.807) is 31.0 Å². The molecule has 0 bridgehead atoms. The summed E-state index contributed by atoms with van der Waals surface area (Å²) in [6.45, 7) is 5.61. The molecule has 2 aromatic carbocycles. The second-order valence-corrected chi connectivity index (χ2v) is 6.50. The molecule has 0 atom stereocenters. The van der Waals surface area contributed by atoms with Crippen molar-refractivity contribution in [2.24, 2.45) is 0 Å². The van der Waals surface area contributed by atoms with Crippen LogP contribution in [0.5, 0.6) is 0 Å². The molecule has 0 saturated heterocycles. The van der Waals surface area contributed by atoms with Crippen LogP contribution in [0.1, 0.15) is 16.7 Å². The van der Waals surface area contributed by atoms with Crippen LogP contribution in [0, 0.1) is 26.6 Å². The monoisotopic (exact) mass is 357 g/mol. The molecule has 0 spiro atoms. The summed E-state index contributed by atoms with van der Waals surface area (Å²) in [5.74, 6) is -0.876. The number of hydrogen-bond acceptors (Lipinski definition) is 3. The number of nitrogens with one attached hydrogen (secondary N) is 2. The van der Waals surface area contributed by atoms with Crippen LogP contribution in [0.25, 0.3) is 0 Å². The zero-order valence-electron chi connectivity index (χ0n) is 15.5. The topological polar surface area (TPSA) is 61.4 Å². The molecule has 2 amide bonds. The third-order valence-electron chi connectivity index (χ3n) is 4.03. The number of halogens is 1. The van der Waals surface area contributed by atoms with Crippen LogP contribution in [0.2, 0.25) is 0 Å². The minimum absolute atomic E-state index is 0.0235. The number of para-hydroxylation sites is 1. The molecule has 0 aliphatic heterocycles. The summed E-state index contributed by atoms with van der Waals surface area (Å²) in [6, 6.07) is 10.3. The normalized spacial score (nSPS) is 10.7. The first-order chi connectivity index (χ1) is 12.3. The summed E-state index contributed by atoms with van der Waals surface area (Å²) in [6.07, 6.45) is 0. The number of hydrogen-bond donors (Lipinski definition) is 2. The van der Waals surface area contributed by atoms with Crippen molar-refractivity contribution in [3.05, 3.63) is 58.9 Å². The average molecular weight is 357 g/mol. The fraction of sp³-hybridized carbons (Fsp3) is 0.300. The van der Waals surface area contributed by atoms with E-state index >= 15 is 0 Å². The van der Waals surface area contributed by atoms with E-state index in [2.05, 4.69) is 10.6 Å². The van der Waals surface area contributed by atoms with Gasteiger partial charge in [0, 0.05) is 11.4 Å². The van der Waals surface area contributed by atoms with Crippen LogP contribution in [0.3, 0.4) is 0 Å². The molecule has 0 radical (unpaired) electrons. The molecule has 5 nitrogen and oxygen atoms in total. The van der Waals surface area contributed by atoms with Gasteiger partial charge in [-0.3, -0.25) is 14.5 Å². The van der Waals surface area contributed by atoms with Gasteiger partial charge in [0.1, 0.15) is 5.82 Å². The van der Waals surface area contributed by atoms with E-state index in [1.807, 2.05) is 32.0 Å². The summed E-state index contributed by atoms with van der Waals surface area (Å²) >= 11 is 0. The Kier molecular flexibility index (Phi) is 6.46. The molecule has 0 saturated carbocycles. The lowest BCUT2D eigenvalue weighted by Crippen LogP contribution is -2.36. The number of rotatable bonds is 6. The van der Waals surface area contributed by atoms with Gasteiger partial charge in [-0.25, -0.2) is 4.39 Å². The van der Waals surface area contributed by atoms with Gasteiger partial charge in [0.25, 0.3) is 0 Å². The minimum atomic E-state index is -0.371. The van der Waals surface area contributed by atoms with Gasteiger partial charge >= 0.3 is 0 Å². The van der Waals surface area contributed by atoms with Crippen molar-refractivity contribution in [2.45, 2.75) is 20.8 Å². The minimum Gasteiger partial charge on any atom is -0.325 e. The Bertz CT molecular complexity index is 800. The Morgan fingerprint density at radius 1 is 0.923 bits per heavy atom. The molecule has 6 heteroatoms. The van der Waals surface area contributed by atoms with E-state index in [0.29, 0.717) is 11.3 Å². The smallest absolute Gasteiger partial charge is 0.238 e. The maximum absolute atomic E-state index is 13.5. The molecular formula is C20H24FN3O2. The van der Waals surface area contributed by atoms with Crippen LogP contribution >= 0.6 is 0 Å². The molecule has 0 unspecified atom stereocenters. The van der Waals surface area contributed by atoms with Gasteiger partial charge in [0.05, 0.1) is 13.1 Å². The van der Waals surface area contributed by atoms with Crippen LogP contribution in [0.4, 0.5) is 15.8 Å². The average Bonchev–Trinajstić information content (AvgIpc) is 2.54. The molecular weight excluding hydrogens is 333 g/mol. The lowest BCUT2D eigenvalue weighted by Gasteiger charge is -2.17. The van der Waals surface area contributed by atoms with Crippen molar-refractivity contribution in [3.63, 3.8) is 0 Å². The maximum Gasteiger partial charge on any atom is 0.238 e. The summed E-state index contributed by atoms with van der Waals surface area (Å²) in [5.41, 5.74) is 3.68. The Balaban J connectivity index is 1.87. The number of amides is 2. The van der Waals surface area contributed by atoms with Gasteiger partial charge in [-0.2, -0.15) is 0 Å². The Labute approximate surface area is 153 Å². The van der Waals surface area contributed by atoms with Crippen molar-refractivity contribution in [1.82, 2.24) is 4.90 Å². The van der Waals surface area contributed by atoms with Crippen molar-refractivity contribution in [2.75, 3.05) is 30.8 Å². The second-order valence-electron chi connectivity index (χ2n) is 6.50. The predicted octanol–water partition coefficient (Wildman–Crippen LogP) is 3.26. The molecule has 2 aromatic rings. The lowest BCUT2D eigenvalue weighted by atomic mass is 10.1. The molecule has 26 heavy (non-hydrogen) atoms. The zero-order valence-corrected chi connectivity index (χ0v) is 15.5. The molecule has 2 rings (SSSR count). The quantitative estimate of drug-likeness (QED) is 0.834. The third-order valence-corrected chi connectivity index (χ3v) is 4.03. The van der Waals surface area contributed by atoms with Gasteiger partial charge in [0.15, 0.2) is 0 Å². The highest BCUT2D eigenvalue weighted by atomic mass is 19.1. The number of nitrogens with zero attached hydrogens (tertiary/aromatic N) is 1. The van der Waals surface area contributed by atoms with Crippen molar-refractivity contribution >= 4 is 23.2 Å². The van der Waals surface area contributed by atoms with Crippen molar-refractivity contribution in [1.29, 1.82) is 0 Å². The van der Waals surface area contributed by atoms with Crippen LogP contribution in [0.15, 0.2) is 36.4 Å². The SMILES string of the molecule is Cc1ccc(NC(=O)CN(C)CC(=O)Nc2c(C)cccc2C)cc1F. The summed E-state index contributed by atoms with van der Waals surface area (Å²) in [7, 11) is 1.68. The maximum atomic E-state index is 13.5. The van der Waals surface area contributed by atoms with E-state index < -0.39 is 0 Å². The highest BCUT2D eigenvalue weighted by Gasteiger charge is 2.13. The molecule has 138 valence electrons. The highest BCUT2D eigenvalue weighted by Crippen LogP contribution is 2.19. The van der Waals surface area contributed by atoms with E-state index in [1.165, 1.54) is 6.07 Å². The number of carbonyl (C=O) groups excluding carboxylic acids is 2. The van der Waals surface area contributed by atoms with Crippen LogP contribution in [-0.4, -0.2) is 36.9 Å². The summed E-state index contributed by atoms with van der Waals surface area (Å²) < 4.78 is 13.5. The number of benzene rings is 2. The van der Waals surface area contributed by atoms with Crippen LogP contribution < -0.4 is 10.6 Å². The van der Waals surface area contributed by atoms with Gasteiger partial charge in [-0.15, -0.1) is 0 Å². The first-order valence-corrected chi connectivity index (χ1v) is 8.37. The first-order valence-electron chi connectivity index (χ1n) is 8.37. The fourth-order valence-electron chi connectivity index (χ4n) is 2.61. The highest BCUT2D eigenvalue weighted by molar-refractivity contribution is 5.95. The van der Waals surface area contributed by atoms with E-state index in [4.69, 9.17) is 0 Å². The second kappa shape index (κ2) is 8.58. The van der Waals surface area contributed by atoms with E-state index in [-0.39, 0.29) is 30.7 Å².